The Morgan fingerprint density at radius 3 is 2.88 bits per heavy atom. The molecule has 0 aliphatic carbocycles. The molecule has 0 aliphatic rings. The van der Waals surface area contributed by atoms with Crippen LogP contribution in [-0.2, 0) is 6.61 Å². The van der Waals surface area contributed by atoms with Gasteiger partial charge in [-0.05, 0) is 6.07 Å². The van der Waals surface area contributed by atoms with Crippen LogP contribution in [0.1, 0.15) is 5.56 Å². The molecular formula is C11H8Cl2N2O. The van der Waals surface area contributed by atoms with Gasteiger partial charge >= 0.3 is 0 Å². The summed E-state index contributed by atoms with van der Waals surface area (Å²) in [7, 11) is 0. The smallest absolute Gasteiger partial charge is 0.139 e. The van der Waals surface area contributed by atoms with Gasteiger partial charge in [0.2, 0.25) is 0 Å². The van der Waals surface area contributed by atoms with E-state index in [0.717, 1.165) is 5.56 Å². The molecule has 2 aromatic heterocycles. The molecule has 82 valence electrons. The topological polar surface area (TPSA) is 35.0 Å². The van der Waals surface area contributed by atoms with Gasteiger partial charge < -0.3 is 4.74 Å². The summed E-state index contributed by atoms with van der Waals surface area (Å²) in [5.74, 6) is 0.604. The number of aromatic nitrogens is 2. The number of halogens is 2. The Labute approximate surface area is 103 Å². The molecule has 0 atom stereocenters. The highest BCUT2D eigenvalue weighted by molar-refractivity contribution is 6.30. The van der Waals surface area contributed by atoms with Crippen LogP contribution in [0.25, 0.3) is 0 Å². The van der Waals surface area contributed by atoms with Gasteiger partial charge in [0.15, 0.2) is 0 Å². The molecule has 0 N–H and O–H groups in total. The van der Waals surface area contributed by atoms with Crippen LogP contribution in [0, 0.1) is 0 Å². The van der Waals surface area contributed by atoms with Gasteiger partial charge in [-0.1, -0.05) is 29.3 Å². The molecule has 2 heterocycles. The minimum Gasteiger partial charge on any atom is -0.487 e. The summed E-state index contributed by atoms with van der Waals surface area (Å²) in [5.41, 5.74) is 0.823. The molecule has 0 spiro atoms. The van der Waals surface area contributed by atoms with Crippen LogP contribution in [-0.4, -0.2) is 9.97 Å². The molecule has 0 saturated heterocycles. The Balaban J connectivity index is 2.05. The molecule has 2 aromatic rings. The average molecular weight is 255 g/mol. The van der Waals surface area contributed by atoms with Crippen LogP contribution in [0.2, 0.25) is 10.2 Å². The van der Waals surface area contributed by atoms with E-state index in [9.17, 15) is 0 Å². The van der Waals surface area contributed by atoms with Crippen LogP contribution in [0.5, 0.6) is 5.75 Å². The molecule has 3 nitrogen and oxygen atoms in total. The first-order chi connectivity index (χ1) is 7.75. The second-order valence-corrected chi connectivity index (χ2v) is 3.88. The number of hydrogen-bond acceptors (Lipinski definition) is 3. The lowest BCUT2D eigenvalue weighted by Crippen LogP contribution is -1.97. The average Bonchev–Trinajstić information content (AvgIpc) is 2.28. The van der Waals surface area contributed by atoms with Crippen molar-refractivity contribution in [3.05, 3.63) is 52.5 Å². The van der Waals surface area contributed by atoms with Crippen molar-refractivity contribution in [1.29, 1.82) is 0 Å². The Morgan fingerprint density at radius 2 is 2.12 bits per heavy atom. The molecule has 0 radical (unpaired) electrons. The van der Waals surface area contributed by atoms with E-state index >= 15 is 0 Å². The van der Waals surface area contributed by atoms with Gasteiger partial charge in [-0.15, -0.1) is 0 Å². The molecule has 16 heavy (non-hydrogen) atoms. The summed E-state index contributed by atoms with van der Waals surface area (Å²) in [6, 6.07) is 5.35. The van der Waals surface area contributed by atoms with Gasteiger partial charge in [0.1, 0.15) is 17.5 Å². The zero-order valence-corrected chi connectivity index (χ0v) is 9.74. The van der Waals surface area contributed by atoms with Crippen molar-refractivity contribution in [2.24, 2.45) is 0 Å². The number of ether oxygens (including phenoxy) is 1. The third kappa shape index (κ3) is 2.84. The Hall–Kier alpha value is -1.32. The van der Waals surface area contributed by atoms with E-state index in [0.29, 0.717) is 22.5 Å². The minimum absolute atomic E-state index is 0.342. The third-order valence-corrected chi connectivity index (χ3v) is 2.46. The molecule has 0 unspecified atom stereocenters. The Bertz CT molecular complexity index is 491. The number of pyridine rings is 2. The normalized spacial score (nSPS) is 10.1. The van der Waals surface area contributed by atoms with Crippen LogP contribution in [0.3, 0.4) is 0 Å². The van der Waals surface area contributed by atoms with E-state index in [2.05, 4.69) is 9.97 Å². The fourth-order valence-electron chi connectivity index (χ4n) is 1.16. The monoisotopic (exact) mass is 254 g/mol. The molecule has 0 aliphatic heterocycles. The van der Waals surface area contributed by atoms with Crippen molar-refractivity contribution < 1.29 is 4.74 Å². The third-order valence-electron chi connectivity index (χ3n) is 1.91. The Morgan fingerprint density at radius 1 is 1.25 bits per heavy atom. The minimum atomic E-state index is 0.342. The van der Waals surface area contributed by atoms with Gasteiger partial charge in [0, 0.05) is 24.0 Å². The van der Waals surface area contributed by atoms with Gasteiger partial charge in [-0.2, -0.15) is 0 Å². The maximum atomic E-state index is 5.89. The summed E-state index contributed by atoms with van der Waals surface area (Å²) < 4.78 is 5.48. The molecule has 0 fully saturated rings. The van der Waals surface area contributed by atoms with Crippen molar-refractivity contribution in [1.82, 2.24) is 9.97 Å². The van der Waals surface area contributed by atoms with Crippen molar-refractivity contribution in [2.75, 3.05) is 0 Å². The number of hydrogen-bond donors (Lipinski definition) is 0. The summed E-state index contributed by atoms with van der Waals surface area (Å²) >= 11 is 11.7. The van der Waals surface area contributed by atoms with Gasteiger partial charge in [0.25, 0.3) is 0 Å². The highest BCUT2D eigenvalue weighted by Crippen LogP contribution is 2.18. The van der Waals surface area contributed by atoms with Crippen LogP contribution in [0.15, 0.2) is 36.8 Å². The van der Waals surface area contributed by atoms with E-state index in [-0.39, 0.29) is 0 Å². The van der Waals surface area contributed by atoms with E-state index in [1.54, 1.807) is 30.7 Å². The standard InChI is InChI=1S/C11H8Cl2N2O/c12-9-4-10(6-14-5-9)16-7-8-2-1-3-15-11(8)13/h1-6H,7H2. The van der Waals surface area contributed by atoms with Gasteiger partial charge in [0.05, 0.1) is 11.2 Å². The molecular weight excluding hydrogens is 247 g/mol. The molecule has 5 heteroatoms. The lowest BCUT2D eigenvalue weighted by atomic mass is 10.3. The lowest BCUT2D eigenvalue weighted by molar-refractivity contribution is 0.304. The fourth-order valence-corrected chi connectivity index (χ4v) is 1.50. The quantitative estimate of drug-likeness (QED) is 0.789. The maximum absolute atomic E-state index is 5.89. The first-order valence-electron chi connectivity index (χ1n) is 4.58. The fraction of sp³-hybridized carbons (Fsp3) is 0.0909. The highest BCUT2D eigenvalue weighted by atomic mass is 35.5. The maximum Gasteiger partial charge on any atom is 0.139 e. The highest BCUT2D eigenvalue weighted by Gasteiger charge is 2.02. The molecule has 0 saturated carbocycles. The summed E-state index contributed by atoms with van der Waals surface area (Å²) in [6.07, 6.45) is 4.77. The SMILES string of the molecule is Clc1cncc(OCc2cccnc2Cl)c1. The number of nitrogens with zero attached hydrogens (tertiary/aromatic N) is 2. The van der Waals surface area contributed by atoms with E-state index < -0.39 is 0 Å². The predicted octanol–water partition coefficient (Wildman–Crippen LogP) is 3.36. The van der Waals surface area contributed by atoms with Crippen molar-refractivity contribution in [3.63, 3.8) is 0 Å². The predicted molar refractivity (Wildman–Crippen MR) is 62.8 cm³/mol. The molecule has 0 bridgehead atoms. The van der Waals surface area contributed by atoms with Crippen molar-refractivity contribution >= 4 is 23.2 Å². The van der Waals surface area contributed by atoms with Crippen LogP contribution in [0.4, 0.5) is 0 Å². The summed E-state index contributed by atoms with van der Waals surface area (Å²) in [5, 5.41) is 0.979. The molecule has 0 aromatic carbocycles. The van der Waals surface area contributed by atoms with Crippen molar-refractivity contribution in [2.45, 2.75) is 6.61 Å². The number of rotatable bonds is 3. The second-order valence-electron chi connectivity index (χ2n) is 3.08. The van der Waals surface area contributed by atoms with Gasteiger partial charge in [-0.3, -0.25) is 4.98 Å². The van der Waals surface area contributed by atoms with Crippen LogP contribution < -0.4 is 4.74 Å². The lowest BCUT2D eigenvalue weighted by Gasteiger charge is -2.06. The molecule has 2 rings (SSSR count). The second kappa shape index (κ2) is 5.14. The van der Waals surface area contributed by atoms with Gasteiger partial charge in [-0.25, -0.2) is 4.98 Å². The van der Waals surface area contributed by atoms with E-state index in [1.165, 1.54) is 0 Å². The van der Waals surface area contributed by atoms with E-state index in [4.69, 9.17) is 27.9 Å². The van der Waals surface area contributed by atoms with Crippen LogP contribution >= 0.6 is 23.2 Å². The van der Waals surface area contributed by atoms with Crippen molar-refractivity contribution in [3.8, 4) is 5.75 Å². The zero-order valence-electron chi connectivity index (χ0n) is 8.23. The largest absolute Gasteiger partial charge is 0.487 e. The zero-order chi connectivity index (χ0) is 11.4. The summed E-state index contributed by atoms with van der Waals surface area (Å²) in [6.45, 7) is 0.342. The summed E-state index contributed by atoms with van der Waals surface area (Å²) in [4.78, 5) is 7.87. The first kappa shape index (κ1) is 11.2. The first-order valence-corrected chi connectivity index (χ1v) is 5.34. The Kier molecular flexibility index (Phi) is 3.59. The van der Waals surface area contributed by atoms with E-state index in [1.807, 2.05) is 6.07 Å². The molecule has 0 amide bonds.